The molecule has 0 aromatic carbocycles. The zero-order chi connectivity index (χ0) is 14.2. The number of carbonyl (C=O) groups excluding carboxylic acids is 1. The van der Waals surface area contributed by atoms with Gasteiger partial charge in [-0.05, 0) is 24.3 Å². The molecule has 1 N–H and O–H groups in total. The molecule has 1 aromatic heterocycles. The largest absolute Gasteiger partial charge is 0.377 e. The molecule has 5 heteroatoms. The Hall–Kier alpha value is -1.17. The fourth-order valence-corrected chi connectivity index (χ4v) is 3.08. The van der Waals surface area contributed by atoms with Gasteiger partial charge >= 0.3 is 0 Å². The molecule has 2 rings (SSSR count). The minimum absolute atomic E-state index is 0.0412. The van der Waals surface area contributed by atoms with Crippen LogP contribution in [-0.2, 0) is 16.1 Å². The van der Waals surface area contributed by atoms with E-state index in [9.17, 15) is 4.79 Å². The monoisotopic (exact) mass is 294 g/mol. The average Bonchev–Trinajstić information content (AvgIpc) is 3.09. The Bertz CT molecular complexity index is 414. The van der Waals surface area contributed by atoms with Crippen LogP contribution in [0.3, 0.4) is 0 Å². The lowest BCUT2D eigenvalue weighted by molar-refractivity contribution is -0.122. The third kappa shape index (κ3) is 5.07. The molecule has 1 aliphatic heterocycles. The van der Waals surface area contributed by atoms with Crippen LogP contribution in [0.15, 0.2) is 30.2 Å². The number of hydrogen-bond donors (Lipinski definition) is 1. The summed E-state index contributed by atoms with van der Waals surface area (Å²) in [6, 6.07) is 4.15. The van der Waals surface area contributed by atoms with Gasteiger partial charge in [-0.1, -0.05) is 12.1 Å². The summed E-state index contributed by atoms with van der Waals surface area (Å²) in [5.41, 5.74) is 0. The van der Waals surface area contributed by atoms with Crippen LogP contribution in [0, 0.1) is 0 Å². The SMILES string of the molecule is C=CCNC(=O)CN(Cc1cccs1)CC1CCCO1. The van der Waals surface area contributed by atoms with Crippen molar-refractivity contribution in [1.82, 2.24) is 10.2 Å². The molecular weight excluding hydrogens is 272 g/mol. The van der Waals surface area contributed by atoms with Gasteiger partial charge in [0.2, 0.25) is 5.91 Å². The predicted octanol–water partition coefficient (Wildman–Crippen LogP) is 2.03. The Balaban J connectivity index is 1.87. The molecule has 1 atom stereocenters. The number of hydrogen-bond acceptors (Lipinski definition) is 4. The normalized spacial score (nSPS) is 18.4. The topological polar surface area (TPSA) is 41.6 Å². The van der Waals surface area contributed by atoms with Crippen LogP contribution in [0.4, 0.5) is 0 Å². The second-order valence-corrected chi connectivity index (χ2v) is 6.01. The highest BCUT2D eigenvalue weighted by Crippen LogP contribution is 2.16. The van der Waals surface area contributed by atoms with Crippen molar-refractivity contribution in [2.24, 2.45) is 0 Å². The number of thiophene rings is 1. The van der Waals surface area contributed by atoms with Crippen molar-refractivity contribution in [1.29, 1.82) is 0 Å². The number of rotatable bonds is 8. The molecule has 20 heavy (non-hydrogen) atoms. The third-order valence-corrected chi connectivity index (χ3v) is 4.12. The zero-order valence-electron chi connectivity index (χ0n) is 11.7. The molecule has 0 saturated carbocycles. The van der Waals surface area contributed by atoms with E-state index in [1.807, 2.05) is 6.07 Å². The summed E-state index contributed by atoms with van der Waals surface area (Å²) in [5, 5.41) is 4.90. The van der Waals surface area contributed by atoms with Crippen LogP contribution >= 0.6 is 11.3 Å². The molecule has 1 fully saturated rings. The van der Waals surface area contributed by atoms with Crippen LogP contribution in [0.5, 0.6) is 0 Å². The van der Waals surface area contributed by atoms with Crippen LogP contribution in [0.1, 0.15) is 17.7 Å². The highest BCUT2D eigenvalue weighted by molar-refractivity contribution is 7.09. The van der Waals surface area contributed by atoms with Crippen molar-refractivity contribution in [3.8, 4) is 0 Å². The highest BCUT2D eigenvalue weighted by atomic mass is 32.1. The summed E-state index contributed by atoms with van der Waals surface area (Å²) in [6.07, 6.45) is 4.18. The highest BCUT2D eigenvalue weighted by Gasteiger charge is 2.21. The first-order valence-corrected chi connectivity index (χ1v) is 7.90. The Labute approximate surface area is 124 Å². The van der Waals surface area contributed by atoms with Gasteiger partial charge in [0, 0.05) is 31.1 Å². The fourth-order valence-electron chi connectivity index (χ4n) is 2.33. The number of nitrogens with one attached hydrogen (secondary N) is 1. The Morgan fingerprint density at radius 2 is 2.55 bits per heavy atom. The van der Waals surface area contributed by atoms with Gasteiger partial charge in [-0.25, -0.2) is 0 Å². The number of ether oxygens (including phenoxy) is 1. The molecule has 1 aromatic rings. The second kappa shape index (κ2) is 8.19. The van der Waals surface area contributed by atoms with Crippen molar-refractivity contribution < 1.29 is 9.53 Å². The Morgan fingerprint density at radius 3 is 3.20 bits per heavy atom. The van der Waals surface area contributed by atoms with Gasteiger partial charge in [0.1, 0.15) is 0 Å². The maximum absolute atomic E-state index is 11.9. The first-order chi connectivity index (χ1) is 9.78. The minimum atomic E-state index is 0.0412. The molecule has 110 valence electrons. The molecule has 4 nitrogen and oxygen atoms in total. The first kappa shape index (κ1) is 15.2. The fraction of sp³-hybridized carbons (Fsp3) is 0.533. The zero-order valence-corrected chi connectivity index (χ0v) is 12.5. The lowest BCUT2D eigenvalue weighted by Gasteiger charge is -2.24. The van der Waals surface area contributed by atoms with Gasteiger partial charge in [-0.2, -0.15) is 0 Å². The van der Waals surface area contributed by atoms with Gasteiger partial charge in [0.05, 0.1) is 12.6 Å². The molecule has 1 aliphatic rings. The smallest absolute Gasteiger partial charge is 0.234 e. The summed E-state index contributed by atoms with van der Waals surface area (Å²) >= 11 is 1.72. The van der Waals surface area contributed by atoms with Gasteiger partial charge in [-0.15, -0.1) is 17.9 Å². The van der Waals surface area contributed by atoms with Crippen molar-refractivity contribution >= 4 is 17.2 Å². The summed E-state index contributed by atoms with van der Waals surface area (Å²) in [5.74, 6) is 0.0412. The molecule has 1 unspecified atom stereocenters. The van der Waals surface area contributed by atoms with Gasteiger partial charge < -0.3 is 10.1 Å². The lowest BCUT2D eigenvalue weighted by Crippen LogP contribution is -2.40. The molecule has 0 aliphatic carbocycles. The molecule has 1 amide bonds. The van der Waals surface area contributed by atoms with Crippen molar-refractivity contribution in [3.63, 3.8) is 0 Å². The molecule has 1 saturated heterocycles. The Morgan fingerprint density at radius 1 is 1.65 bits per heavy atom. The van der Waals surface area contributed by atoms with E-state index >= 15 is 0 Å². The molecule has 0 bridgehead atoms. The summed E-state index contributed by atoms with van der Waals surface area (Å²) in [6.45, 7) is 7.01. The van der Waals surface area contributed by atoms with Gasteiger partial charge in [-0.3, -0.25) is 9.69 Å². The van der Waals surface area contributed by atoms with Gasteiger partial charge in [0.15, 0.2) is 0 Å². The van der Waals surface area contributed by atoms with E-state index in [4.69, 9.17) is 4.74 Å². The van der Waals surface area contributed by atoms with E-state index in [0.29, 0.717) is 13.1 Å². The molecular formula is C15H22N2O2S. The quantitative estimate of drug-likeness (QED) is 0.746. The van der Waals surface area contributed by atoms with Crippen LogP contribution in [0.25, 0.3) is 0 Å². The summed E-state index contributed by atoms with van der Waals surface area (Å²) in [4.78, 5) is 15.3. The average molecular weight is 294 g/mol. The number of carbonyl (C=O) groups is 1. The minimum Gasteiger partial charge on any atom is -0.377 e. The standard InChI is InChI=1S/C15H22N2O2S/c1-2-7-16-15(18)12-17(10-13-5-3-8-19-13)11-14-6-4-9-20-14/h2,4,6,9,13H,1,3,5,7-8,10-12H2,(H,16,18). The maximum Gasteiger partial charge on any atom is 0.234 e. The van der Waals surface area contributed by atoms with E-state index in [-0.39, 0.29) is 12.0 Å². The van der Waals surface area contributed by atoms with Crippen LogP contribution in [-0.4, -0.2) is 43.2 Å². The van der Waals surface area contributed by atoms with Crippen molar-refractivity contribution in [3.05, 3.63) is 35.0 Å². The lowest BCUT2D eigenvalue weighted by atomic mass is 10.2. The van der Waals surface area contributed by atoms with E-state index in [2.05, 4.69) is 28.2 Å². The van der Waals surface area contributed by atoms with E-state index < -0.39 is 0 Å². The molecule has 2 heterocycles. The van der Waals surface area contributed by atoms with E-state index in [0.717, 1.165) is 32.5 Å². The number of amides is 1. The molecule has 0 spiro atoms. The maximum atomic E-state index is 11.9. The second-order valence-electron chi connectivity index (χ2n) is 4.98. The van der Waals surface area contributed by atoms with E-state index in [1.165, 1.54) is 4.88 Å². The molecule has 0 radical (unpaired) electrons. The van der Waals surface area contributed by atoms with Crippen molar-refractivity contribution in [2.45, 2.75) is 25.5 Å². The predicted molar refractivity (Wildman–Crippen MR) is 81.8 cm³/mol. The van der Waals surface area contributed by atoms with E-state index in [1.54, 1.807) is 17.4 Å². The van der Waals surface area contributed by atoms with Crippen LogP contribution in [0.2, 0.25) is 0 Å². The van der Waals surface area contributed by atoms with Crippen molar-refractivity contribution in [2.75, 3.05) is 26.2 Å². The summed E-state index contributed by atoms with van der Waals surface area (Å²) < 4.78 is 5.68. The summed E-state index contributed by atoms with van der Waals surface area (Å²) in [7, 11) is 0. The first-order valence-electron chi connectivity index (χ1n) is 7.02. The Kier molecular flexibility index (Phi) is 6.24. The van der Waals surface area contributed by atoms with Crippen LogP contribution < -0.4 is 5.32 Å². The number of nitrogens with zero attached hydrogens (tertiary/aromatic N) is 1. The van der Waals surface area contributed by atoms with Gasteiger partial charge in [0.25, 0.3) is 0 Å². The third-order valence-electron chi connectivity index (χ3n) is 3.26.